The van der Waals surface area contributed by atoms with E-state index in [1.165, 1.54) is 6.08 Å². The van der Waals surface area contributed by atoms with E-state index in [2.05, 4.69) is 0 Å². The molecule has 3 nitrogen and oxygen atoms in total. The van der Waals surface area contributed by atoms with E-state index in [4.69, 9.17) is 4.74 Å². The van der Waals surface area contributed by atoms with Crippen LogP contribution in [0.5, 0.6) is 0 Å². The molecule has 19 heavy (non-hydrogen) atoms. The third kappa shape index (κ3) is 2.88. The predicted molar refractivity (Wildman–Crippen MR) is 75.0 cm³/mol. The van der Waals surface area contributed by atoms with Gasteiger partial charge in [0, 0.05) is 11.6 Å². The summed E-state index contributed by atoms with van der Waals surface area (Å²) in [6.45, 7) is 2.12. The molecule has 0 radical (unpaired) electrons. The van der Waals surface area contributed by atoms with Gasteiger partial charge >= 0.3 is 5.97 Å². The van der Waals surface area contributed by atoms with Gasteiger partial charge in [-0.05, 0) is 29.3 Å². The Morgan fingerprint density at radius 1 is 1.11 bits per heavy atom. The molecule has 0 amide bonds. The molecule has 0 unspecified atom stereocenters. The zero-order chi connectivity index (χ0) is 13.7. The number of carbonyl (C=O) groups excluding carboxylic acids is 2. The van der Waals surface area contributed by atoms with E-state index in [9.17, 15) is 9.59 Å². The number of hydrogen-bond acceptors (Lipinski definition) is 3. The van der Waals surface area contributed by atoms with Gasteiger partial charge in [0.15, 0.2) is 6.29 Å². The molecule has 0 fully saturated rings. The number of esters is 1. The molecular formula is C16H14O3. The SMILES string of the molecule is CCOC(=O)C=Cc1ccc(C=O)c2ccccc12. The van der Waals surface area contributed by atoms with Crippen LogP contribution in [0.2, 0.25) is 0 Å². The molecule has 3 heteroatoms. The highest BCUT2D eigenvalue weighted by molar-refractivity contribution is 6.02. The van der Waals surface area contributed by atoms with Gasteiger partial charge in [-0.3, -0.25) is 4.79 Å². The second-order valence-electron chi connectivity index (χ2n) is 3.99. The molecule has 2 aromatic carbocycles. The van der Waals surface area contributed by atoms with Crippen LogP contribution in [-0.4, -0.2) is 18.9 Å². The normalized spacial score (nSPS) is 10.8. The maximum Gasteiger partial charge on any atom is 0.330 e. The Balaban J connectivity index is 2.45. The van der Waals surface area contributed by atoms with E-state index in [-0.39, 0.29) is 5.97 Å². The standard InChI is InChI=1S/C16H14O3/c1-2-19-16(18)10-9-12-7-8-13(11-17)15-6-4-3-5-14(12)15/h3-11H,2H2,1H3. The molecule has 0 aromatic heterocycles. The van der Waals surface area contributed by atoms with Gasteiger partial charge in [0.05, 0.1) is 6.61 Å². The zero-order valence-electron chi connectivity index (χ0n) is 10.6. The molecule has 0 saturated carbocycles. The van der Waals surface area contributed by atoms with Crippen molar-refractivity contribution in [1.82, 2.24) is 0 Å². The lowest BCUT2D eigenvalue weighted by atomic mass is 10.00. The average Bonchev–Trinajstić information content (AvgIpc) is 2.45. The largest absolute Gasteiger partial charge is 0.463 e. The van der Waals surface area contributed by atoms with Crippen LogP contribution in [0.1, 0.15) is 22.8 Å². The van der Waals surface area contributed by atoms with Gasteiger partial charge in [0.1, 0.15) is 0 Å². The topological polar surface area (TPSA) is 43.4 Å². The summed E-state index contributed by atoms with van der Waals surface area (Å²) in [6.07, 6.45) is 3.93. The fraction of sp³-hybridized carbons (Fsp3) is 0.125. The predicted octanol–water partition coefficient (Wildman–Crippen LogP) is 3.23. The number of carbonyl (C=O) groups is 2. The van der Waals surface area contributed by atoms with Crippen LogP contribution in [0.25, 0.3) is 16.8 Å². The molecule has 0 saturated heterocycles. The second kappa shape index (κ2) is 5.96. The van der Waals surface area contributed by atoms with E-state index < -0.39 is 0 Å². The lowest BCUT2D eigenvalue weighted by Gasteiger charge is -2.04. The van der Waals surface area contributed by atoms with Gasteiger partial charge in [-0.15, -0.1) is 0 Å². The first kappa shape index (κ1) is 13.0. The van der Waals surface area contributed by atoms with E-state index >= 15 is 0 Å². The third-order valence-corrected chi connectivity index (χ3v) is 2.80. The van der Waals surface area contributed by atoms with Gasteiger partial charge in [0.2, 0.25) is 0 Å². The minimum absolute atomic E-state index is 0.355. The maximum absolute atomic E-state index is 11.3. The quantitative estimate of drug-likeness (QED) is 0.478. The van der Waals surface area contributed by atoms with Crippen molar-refractivity contribution in [1.29, 1.82) is 0 Å². The Kier molecular flexibility index (Phi) is 4.08. The Hall–Kier alpha value is -2.42. The van der Waals surface area contributed by atoms with Crippen molar-refractivity contribution in [3.63, 3.8) is 0 Å². The molecule has 2 aromatic rings. The molecule has 0 bridgehead atoms. The summed E-state index contributed by atoms with van der Waals surface area (Å²) in [5, 5.41) is 1.82. The Bertz CT molecular complexity index is 641. The summed E-state index contributed by atoms with van der Waals surface area (Å²) in [4.78, 5) is 22.3. The van der Waals surface area contributed by atoms with Crippen LogP contribution in [0.4, 0.5) is 0 Å². The van der Waals surface area contributed by atoms with Crippen LogP contribution in [-0.2, 0) is 9.53 Å². The van der Waals surface area contributed by atoms with Crippen molar-refractivity contribution in [2.45, 2.75) is 6.92 Å². The van der Waals surface area contributed by atoms with E-state index in [1.807, 2.05) is 30.3 Å². The minimum Gasteiger partial charge on any atom is -0.463 e. The van der Waals surface area contributed by atoms with Crippen molar-refractivity contribution in [2.75, 3.05) is 6.61 Å². The smallest absolute Gasteiger partial charge is 0.330 e. The molecule has 0 aliphatic heterocycles. The van der Waals surface area contributed by atoms with Crippen molar-refractivity contribution < 1.29 is 14.3 Å². The highest BCUT2D eigenvalue weighted by Gasteiger charge is 2.03. The van der Waals surface area contributed by atoms with Crippen LogP contribution >= 0.6 is 0 Å². The van der Waals surface area contributed by atoms with Crippen LogP contribution < -0.4 is 0 Å². The Morgan fingerprint density at radius 3 is 2.37 bits per heavy atom. The summed E-state index contributed by atoms with van der Waals surface area (Å²) in [7, 11) is 0. The van der Waals surface area contributed by atoms with Gasteiger partial charge in [-0.1, -0.05) is 36.4 Å². The average molecular weight is 254 g/mol. The second-order valence-corrected chi connectivity index (χ2v) is 3.99. The number of fused-ring (bicyclic) bond motifs is 1. The first-order chi connectivity index (χ1) is 9.26. The van der Waals surface area contributed by atoms with Crippen molar-refractivity contribution in [3.8, 4) is 0 Å². The van der Waals surface area contributed by atoms with Crippen molar-refractivity contribution >= 4 is 29.1 Å². The molecule has 0 spiro atoms. The van der Waals surface area contributed by atoms with Gasteiger partial charge < -0.3 is 4.74 Å². The highest BCUT2D eigenvalue weighted by Crippen LogP contribution is 2.22. The van der Waals surface area contributed by atoms with Gasteiger partial charge in [-0.25, -0.2) is 4.79 Å². The fourth-order valence-electron chi connectivity index (χ4n) is 1.94. The molecule has 0 atom stereocenters. The summed E-state index contributed by atoms with van der Waals surface area (Å²) in [5.74, 6) is -0.369. The number of hydrogen-bond donors (Lipinski definition) is 0. The van der Waals surface area contributed by atoms with E-state index in [0.717, 1.165) is 22.6 Å². The monoisotopic (exact) mass is 254 g/mol. The minimum atomic E-state index is -0.369. The number of aldehydes is 1. The Morgan fingerprint density at radius 2 is 1.74 bits per heavy atom. The van der Waals surface area contributed by atoms with Crippen molar-refractivity contribution in [2.24, 2.45) is 0 Å². The maximum atomic E-state index is 11.3. The number of ether oxygens (including phenoxy) is 1. The lowest BCUT2D eigenvalue weighted by Crippen LogP contribution is -1.98. The fourth-order valence-corrected chi connectivity index (χ4v) is 1.94. The lowest BCUT2D eigenvalue weighted by molar-refractivity contribution is -0.137. The Labute approximate surface area is 111 Å². The highest BCUT2D eigenvalue weighted by atomic mass is 16.5. The van der Waals surface area contributed by atoms with Gasteiger partial charge in [0.25, 0.3) is 0 Å². The molecule has 2 rings (SSSR count). The number of benzene rings is 2. The first-order valence-corrected chi connectivity index (χ1v) is 6.08. The van der Waals surface area contributed by atoms with Crippen LogP contribution in [0, 0.1) is 0 Å². The van der Waals surface area contributed by atoms with Crippen molar-refractivity contribution in [3.05, 3.63) is 53.6 Å². The molecule has 0 aliphatic rings. The molecular weight excluding hydrogens is 240 g/mol. The molecule has 96 valence electrons. The van der Waals surface area contributed by atoms with Crippen LogP contribution in [0.3, 0.4) is 0 Å². The number of rotatable bonds is 4. The molecule has 0 N–H and O–H groups in total. The third-order valence-electron chi connectivity index (χ3n) is 2.80. The zero-order valence-corrected chi connectivity index (χ0v) is 10.6. The first-order valence-electron chi connectivity index (χ1n) is 6.08. The molecule has 0 heterocycles. The van der Waals surface area contributed by atoms with Crippen LogP contribution in [0.15, 0.2) is 42.5 Å². The summed E-state index contributed by atoms with van der Waals surface area (Å²) < 4.78 is 4.84. The van der Waals surface area contributed by atoms with Gasteiger partial charge in [-0.2, -0.15) is 0 Å². The summed E-state index contributed by atoms with van der Waals surface area (Å²) in [5.41, 5.74) is 1.53. The summed E-state index contributed by atoms with van der Waals surface area (Å²) >= 11 is 0. The summed E-state index contributed by atoms with van der Waals surface area (Å²) in [6, 6.07) is 11.2. The van der Waals surface area contributed by atoms with E-state index in [1.54, 1.807) is 19.1 Å². The molecule has 0 aliphatic carbocycles. The van der Waals surface area contributed by atoms with E-state index in [0.29, 0.717) is 12.2 Å².